The van der Waals surface area contributed by atoms with Crippen LogP contribution in [0.25, 0.3) is 0 Å². The summed E-state index contributed by atoms with van der Waals surface area (Å²) in [5, 5.41) is 8.21. The number of unbranched alkanes of at least 4 members (excludes halogenated alkanes) is 1. The minimum absolute atomic E-state index is 0.754. The fraction of sp³-hybridized carbons (Fsp3) is 0.143. The number of hydrogen-bond donors (Lipinski definition) is 0. The third kappa shape index (κ3) is 7.96. The van der Waals surface area contributed by atoms with E-state index in [1.165, 1.54) is 43.2 Å². The molecular weight excluding hydrogens is 768 g/mol. The molecule has 49 heavy (non-hydrogen) atoms. The van der Waals surface area contributed by atoms with E-state index >= 15 is 0 Å². The SMILES string of the molecule is ICCCCOP1N(c2ccccc2P(c2ccccc2)c2ccccc2)CCN1c1ccccc1P(c1ccccc1)c1ccccc1. The van der Waals surface area contributed by atoms with Gasteiger partial charge in [0.05, 0.1) is 18.0 Å². The summed E-state index contributed by atoms with van der Waals surface area (Å²) in [4.78, 5) is 0. The Hall–Kier alpha value is -3.10. The van der Waals surface area contributed by atoms with Crippen LogP contribution in [-0.2, 0) is 4.52 Å². The van der Waals surface area contributed by atoms with Crippen molar-refractivity contribution >= 4 is 90.1 Å². The summed E-state index contributed by atoms with van der Waals surface area (Å²) in [5.74, 6) is 0. The second-order valence-electron chi connectivity index (χ2n) is 11.7. The fourth-order valence-corrected chi connectivity index (χ4v) is 14.0. The van der Waals surface area contributed by atoms with Crippen LogP contribution in [-0.4, -0.2) is 24.1 Å². The zero-order valence-electron chi connectivity index (χ0n) is 27.4. The largest absolute Gasteiger partial charge is 0.323 e. The number of para-hydroxylation sites is 2. The smallest absolute Gasteiger partial charge is 0.248 e. The molecule has 0 radical (unpaired) electrons. The molecule has 1 heterocycles. The lowest BCUT2D eigenvalue weighted by atomic mass is 10.3. The van der Waals surface area contributed by atoms with Gasteiger partial charge in [-0.2, -0.15) is 0 Å². The standard InChI is InChI=1S/C42H40IN2OP3/c43-31-17-18-34-46-49-44(39-27-13-15-29-41(39)47(35-19-5-1-6-20-35)36-21-7-2-8-22-36)32-33-45(49)40-28-14-16-30-42(40)48(37-23-9-3-10-24-37)38-25-11-4-12-26-38/h1-16,19-30H,17-18,31-34H2. The molecule has 0 amide bonds. The van der Waals surface area contributed by atoms with Gasteiger partial charge in [0.15, 0.2) is 0 Å². The average molecular weight is 809 g/mol. The molecule has 1 fully saturated rings. The highest BCUT2D eigenvalue weighted by Gasteiger charge is 2.38. The van der Waals surface area contributed by atoms with Crippen molar-refractivity contribution in [3.63, 3.8) is 0 Å². The number of benzene rings is 6. The zero-order chi connectivity index (χ0) is 33.3. The fourth-order valence-electron chi connectivity index (χ4n) is 6.30. The van der Waals surface area contributed by atoms with Gasteiger partial charge in [-0.05, 0) is 66.5 Å². The molecule has 0 spiro atoms. The molecule has 7 rings (SSSR count). The predicted octanol–water partition coefficient (Wildman–Crippen LogP) is 8.99. The van der Waals surface area contributed by atoms with Gasteiger partial charge in [-0.3, -0.25) is 0 Å². The molecule has 0 aliphatic carbocycles. The Morgan fingerprint density at radius 2 is 0.816 bits per heavy atom. The Morgan fingerprint density at radius 3 is 1.18 bits per heavy atom. The van der Waals surface area contributed by atoms with Crippen LogP contribution >= 0.6 is 46.9 Å². The van der Waals surface area contributed by atoms with E-state index in [0.717, 1.165) is 37.0 Å². The first-order chi connectivity index (χ1) is 24.3. The van der Waals surface area contributed by atoms with E-state index in [1.807, 2.05) is 0 Å². The number of nitrogens with zero attached hydrogens (tertiary/aromatic N) is 2. The highest BCUT2D eigenvalue weighted by molar-refractivity contribution is 14.1. The van der Waals surface area contributed by atoms with E-state index in [2.05, 4.69) is 202 Å². The van der Waals surface area contributed by atoms with Gasteiger partial charge in [-0.1, -0.05) is 180 Å². The van der Waals surface area contributed by atoms with E-state index in [-0.39, 0.29) is 0 Å². The van der Waals surface area contributed by atoms with Crippen LogP contribution in [0.5, 0.6) is 0 Å². The lowest BCUT2D eigenvalue weighted by Gasteiger charge is -2.35. The predicted molar refractivity (Wildman–Crippen MR) is 226 cm³/mol. The average Bonchev–Trinajstić information content (AvgIpc) is 3.59. The van der Waals surface area contributed by atoms with Gasteiger partial charge >= 0.3 is 0 Å². The molecule has 246 valence electrons. The lowest BCUT2D eigenvalue weighted by Crippen LogP contribution is -2.28. The molecule has 0 saturated carbocycles. The monoisotopic (exact) mass is 808 g/mol. The number of halogens is 1. The van der Waals surface area contributed by atoms with E-state index in [0.29, 0.717) is 0 Å². The first-order valence-electron chi connectivity index (χ1n) is 16.9. The van der Waals surface area contributed by atoms with Crippen LogP contribution in [0, 0.1) is 0 Å². The Labute approximate surface area is 308 Å². The van der Waals surface area contributed by atoms with Gasteiger partial charge in [0.2, 0.25) is 8.45 Å². The molecule has 0 unspecified atom stereocenters. The number of hydrogen-bond acceptors (Lipinski definition) is 3. The van der Waals surface area contributed by atoms with Crippen molar-refractivity contribution < 1.29 is 4.52 Å². The minimum atomic E-state index is -1.11. The van der Waals surface area contributed by atoms with Crippen LogP contribution < -0.4 is 41.2 Å². The summed E-state index contributed by atoms with van der Waals surface area (Å²) in [6.45, 7) is 2.57. The number of rotatable bonds is 13. The van der Waals surface area contributed by atoms with Gasteiger partial charge in [0.1, 0.15) is 0 Å². The van der Waals surface area contributed by atoms with E-state index in [1.54, 1.807) is 0 Å². The summed E-state index contributed by atoms with van der Waals surface area (Å²) in [7, 11) is -2.65. The van der Waals surface area contributed by atoms with Crippen molar-refractivity contribution in [3.8, 4) is 0 Å². The molecule has 3 nitrogen and oxygen atoms in total. The first-order valence-corrected chi connectivity index (χ1v) is 22.2. The molecule has 0 bridgehead atoms. The van der Waals surface area contributed by atoms with Gasteiger partial charge < -0.3 is 13.9 Å². The maximum absolute atomic E-state index is 7.06. The molecule has 6 aromatic carbocycles. The van der Waals surface area contributed by atoms with E-state index in [4.69, 9.17) is 4.52 Å². The molecule has 0 N–H and O–H groups in total. The van der Waals surface area contributed by atoms with Crippen LogP contribution in [0.3, 0.4) is 0 Å². The highest BCUT2D eigenvalue weighted by atomic mass is 127. The van der Waals surface area contributed by atoms with Crippen LogP contribution in [0.15, 0.2) is 170 Å². The molecule has 6 aromatic rings. The van der Waals surface area contributed by atoms with Crippen molar-refractivity contribution in [1.29, 1.82) is 0 Å². The maximum atomic E-state index is 7.06. The minimum Gasteiger partial charge on any atom is -0.323 e. The summed E-state index contributed by atoms with van der Waals surface area (Å²) >= 11 is 2.48. The number of anilines is 2. The Kier molecular flexibility index (Phi) is 12.1. The summed E-state index contributed by atoms with van der Waals surface area (Å²) in [5.41, 5.74) is 2.57. The van der Waals surface area contributed by atoms with Crippen molar-refractivity contribution in [2.24, 2.45) is 0 Å². The molecule has 1 aliphatic heterocycles. The van der Waals surface area contributed by atoms with Crippen LogP contribution in [0.2, 0.25) is 0 Å². The number of alkyl halides is 1. The van der Waals surface area contributed by atoms with Crippen molar-refractivity contribution in [2.45, 2.75) is 12.8 Å². The van der Waals surface area contributed by atoms with Crippen molar-refractivity contribution in [1.82, 2.24) is 0 Å². The zero-order valence-corrected chi connectivity index (χ0v) is 32.3. The van der Waals surface area contributed by atoms with Crippen molar-refractivity contribution in [2.75, 3.05) is 33.5 Å². The van der Waals surface area contributed by atoms with Crippen molar-refractivity contribution in [3.05, 3.63) is 170 Å². The van der Waals surface area contributed by atoms with E-state index < -0.39 is 24.3 Å². The lowest BCUT2D eigenvalue weighted by molar-refractivity contribution is 0.342. The second kappa shape index (κ2) is 17.2. The van der Waals surface area contributed by atoms with Crippen LogP contribution in [0.1, 0.15) is 12.8 Å². The maximum Gasteiger partial charge on any atom is 0.248 e. The third-order valence-corrected chi connectivity index (χ3v) is 16.3. The summed E-state index contributed by atoms with van der Waals surface area (Å²) in [6.07, 6.45) is 2.23. The molecule has 7 heteroatoms. The quantitative estimate of drug-likeness (QED) is 0.0502. The molecule has 0 atom stereocenters. The third-order valence-electron chi connectivity index (χ3n) is 8.53. The molecular formula is C42H40IN2OP3. The van der Waals surface area contributed by atoms with Gasteiger partial charge in [0, 0.05) is 23.7 Å². The Morgan fingerprint density at radius 1 is 0.469 bits per heavy atom. The van der Waals surface area contributed by atoms with Gasteiger partial charge in [0.25, 0.3) is 0 Å². The van der Waals surface area contributed by atoms with E-state index in [9.17, 15) is 0 Å². The Bertz CT molecular complexity index is 1690. The topological polar surface area (TPSA) is 15.7 Å². The van der Waals surface area contributed by atoms with Crippen LogP contribution in [0.4, 0.5) is 11.4 Å². The Balaban J connectivity index is 1.32. The summed E-state index contributed by atoms with van der Waals surface area (Å²) in [6, 6.07) is 62.4. The van der Waals surface area contributed by atoms with Gasteiger partial charge in [-0.15, -0.1) is 0 Å². The normalized spacial score (nSPS) is 13.4. The van der Waals surface area contributed by atoms with Gasteiger partial charge in [-0.25, -0.2) is 0 Å². The second-order valence-corrected chi connectivity index (χ2v) is 18.9. The highest BCUT2D eigenvalue weighted by Crippen LogP contribution is 2.56. The first kappa shape index (κ1) is 34.4. The molecule has 1 aliphatic rings. The summed E-state index contributed by atoms with van der Waals surface area (Å²) < 4.78 is 13.4. The molecule has 1 saturated heterocycles. The molecule has 0 aromatic heterocycles.